The third-order valence-electron chi connectivity index (χ3n) is 5.99. The van der Waals surface area contributed by atoms with Crippen LogP contribution >= 0.6 is 0 Å². The van der Waals surface area contributed by atoms with Crippen molar-refractivity contribution in [1.82, 2.24) is 10.6 Å². The van der Waals surface area contributed by atoms with E-state index in [2.05, 4.69) is 22.8 Å². The molecule has 34 heavy (non-hydrogen) atoms. The molecule has 0 bridgehead atoms. The maximum absolute atomic E-state index is 12.3. The van der Waals surface area contributed by atoms with Crippen LogP contribution in [0.15, 0.2) is 48.5 Å². The second kappa shape index (κ2) is 11.6. The number of nitrogens with one attached hydrogen (secondary N) is 2. The van der Waals surface area contributed by atoms with Crippen molar-refractivity contribution in [2.24, 2.45) is 0 Å². The zero-order valence-electron chi connectivity index (χ0n) is 19.4. The lowest BCUT2D eigenvalue weighted by molar-refractivity contribution is -0.145. The van der Waals surface area contributed by atoms with Gasteiger partial charge in [-0.3, -0.25) is 4.79 Å². The van der Waals surface area contributed by atoms with E-state index in [1.54, 1.807) is 6.92 Å². The SMILES string of the molecule is COC(CNC(=O)OCC1c2ccccc2-c2ccccc21)CC(=O)NC(C(=O)O)C(C)OC. The first kappa shape index (κ1) is 25.2. The van der Waals surface area contributed by atoms with E-state index in [1.807, 2.05) is 36.4 Å². The number of fused-ring (bicyclic) bond motifs is 3. The van der Waals surface area contributed by atoms with E-state index in [0.29, 0.717) is 0 Å². The predicted octanol–water partition coefficient (Wildman–Crippen LogP) is 2.53. The van der Waals surface area contributed by atoms with Crippen molar-refractivity contribution in [3.8, 4) is 11.1 Å². The van der Waals surface area contributed by atoms with Gasteiger partial charge < -0.3 is 30.0 Å². The van der Waals surface area contributed by atoms with Crippen molar-refractivity contribution >= 4 is 18.0 Å². The van der Waals surface area contributed by atoms with Gasteiger partial charge in [-0.15, -0.1) is 0 Å². The third-order valence-corrected chi connectivity index (χ3v) is 5.99. The summed E-state index contributed by atoms with van der Waals surface area (Å²) >= 11 is 0. The number of ether oxygens (including phenoxy) is 3. The van der Waals surface area contributed by atoms with E-state index in [-0.39, 0.29) is 25.5 Å². The quantitative estimate of drug-likeness (QED) is 0.461. The molecule has 0 heterocycles. The minimum Gasteiger partial charge on any atom is -0.480 e. The average Bonchev–Trinajstić information content (AvgIpc) is 3.16. The van der Waals surface area contributed by atoms with Gasteiger partial charge in [-0.2, -0.15) is 0 Å². The van der Waals surface area contributed by atoms with E-state index >= 15 is 0 Å². The summed E-state index contributed by atoms with van der Waals surface area (Å²) < 4.78 is 15.7. The zero-order valence-corrected chi connectivity index (χ0v) is 19.4. The molecule has 0 aliphatic heterocycles. The molecule has 9 nitrogen and oxygen atoms in total. The molecule has 9 heteroatoms. The van der Waals surface area contributed by atoms with Crippen LogP contribution in [0.25, 0.3) is 11.1 Å². The van der Waals surface area contributed by atoms with Gasteiger partial charge in [0.15, 0.2) is 6.04 Å². The molecule has 0 spiro atoms. The van der Waals surface area contributed by atoms with Gasteiger partial charge in [0.2, 0.25) is 5.91 Å². The second-order valence-electron chi connectivity index (χ2n) is 8.09. The van der Waals surface area contributed by atoms with Gasteiger partial charge >= 0.3 is 12.1 Å². The fourth-order valence-corrected chi connectivity index (χ4v) is 4.04. The molecule has 0 aromatic heterocycles. The molecule has 2 aromatic rings. The summed E-state index contributed by atoms with van der Waals surface area (Å²) in [6.07, 6.45) is -2.13. The van der Waals surface area contributed by atoms with Gasteiger partial charge in [0.25, 0.3) is 0 Å². The number of methoxy groups -OCH3 is 2. The van der Waals surface area contributed by atoms with Crippen molar-refractivity contribution in [3.63, 3.8) is 0 Å². The van der Waals surface area contributed by atoms with Gasteiger partial charge in [-0.05, 0) is 29.2 Å². The highest BCUT2D eigenvalue weighted by Gasteiger charge is 2.30. The van der Waals surface area contributed by atoms with E-state index < -0.39 is 36.2 Å². The highest BCUT2D eigenvalue weighted by molar-refractivity contribution is 5.84. The van der Waals surface area contributed by atoms with Crippen molar-refractivity contribution < 1.29 is 33.7 Å². The number of hydrogen-bond acceptors (Lipinski definition) is 6. The highest BCUT2D eigenvalue weighted by Crippen LogP contribution is 2.44. The molecular formula is C25H30N2O7. The molecule has 1 aliphatic rings. The van der Waals surface area contributed by atoms with E-state index in [0.717, 1.165) is 22.3 Å². The molecule has 2 amide bonds. The molecule has 0 saturated heterocycles. The Morgan fingerprint density at radius 3 is 2.09 bits per heavy atom. The minimum absolute atomic E-state index is 0.0260. The summed E-state index contributed by atoms with van der Waals surface area (Å²) in [4.78, 5) is 36.0. The van der Waals surface area contributed by atoms with Crippen molar-refractivity contribution in [1.29, 1.82) is 0 Å². The van der Waals surface area contributed by atoms with Gasteiger partial charge in [0.05, 0.1) is 18.6 Å². The topological polar surface area (TPSA) is 123 Å². The first-order chi connectivity index (χ1) is 16.3. The number of hydrogen-bond donors (Lipinski definition) is 3. The fourth-order valence-electron chi connectivity index (χ4n) is 4.04. The third kappa shape index (κ3) is 5.92. The minimum atomic E-state index is -1.20. The van der Waals surface area contributed by atoms with Crippen LogP contribution in [-0.4, -0.2) is 68.7 Å². The lowest BCUT2D eigenvalue weighted by atomic mass is 9.98. The lowest BCUT2D eigenvalue weighted by Crippen LogP contribution is -2.49. The van der Waals surface area contributed by atoms with Crippen molar-refractivity contribution in [3.05, 3.63) is 59.7 Å². The Bertz CT molecular complexity index is 980. The summed E-state index contributed by atoms with van der Waals surface area (Å²) in [7, 11) is 2.77. The smallest absolute Gasteiger partial charge is 0.407 e. The Morgan fingerprint density at radius 2 is 1.56 bits per heavy atom. The number of carboxylic acid groups (broad SMARTS) is 1. The van der Waals surface area contributed by atoms with Crippen LogP contribution in [0.5, 0.6) is 0 Å². The molecule has 3 atom stereocenters. The number of amides is 2. The normalized spacial score (nSPS) is 14.9. The number of benzene rings is 2. The molecular weight excluding hydrogens is 440 g/mol. The van der Waals surface area contributed by atoms with Crippen LogP contribution in [0.2, 0.25) is 0 Å². The molecule has 1 aliphatic carbocycles. The monoisotopic (exact) mass is 470 g/mol. The molecule has 0 fully saturated rings. The van der Waals surface area contributed by atoms with E-state index in [9.17, 15) is 19.5 Å². The summed E-state index contributed by atoms with van der Waals surface area (Å²) in [5.41, 5.74) is 4.50. The summed E-state index contributed by atoms with van der Waals surface area (Å²) in [5, 5.41) is 14.3. The molecule has 0 saturated carbocycles. The number of carbonyl (C=O) groups is 3. The Labute approximate surface area is 198 Å². The molecule has 2 aromatic carbocycles. The molecule has 3 N–H and O–H groups in total. The Kier molecular flexibility index (Phi) is 8.61. The fraction of sp³-hybridized carbons (Fsp3) is 0.400. The average molecular weight is 471 g/mol. The van der Waals surface area contributed by atoms with Gasteiger partial charge in [0.1, 0.15) is 6.61 Å². The molecule has 182 valence electrons. The van der Waals surface area contributed by atoms with Gasteiger partial charge in [0, 0.05) is 26.7 Å². The first-order valence-electron chi connectivity index (χ1n) is 11.0. The standard InChI is InChI=1S/C25H30N2O7/c1-15(32-2)23(24(29)30)27-22(28)12-16(33-3)13-26-25(31)34-14-21-19-10-6-4-8-17(19)18-9-5-7-11-20(18)21/h4-11,15-16,21,23H,12-14H2,1-3H3,(H,26,31)(H,27,28)(H,29,30). The Balaban J connectivity index is 1.51. The highest BCUT2D eigenvalue weighted by atomic mass is 16.5. The Hall–Kier alpha value is -3.43. The second-order valence-corrected chi connectivity index (χ2v) is 8.09. The van der Waals surface area contributed by atoms with Crippen LogP contribution in [0.1, 0.15) is 30.4 Å². The van der Waals surface area contributed by atoms with Crippen molar-refractivity contribution in [2.75, 3.05) is 27.4 Å². The molecule has 3 unspecified atom stereocenters. The van der Waals surface area contributed by atoms with E-state index in [1.165, 1.54) is 14.2 Å². The molecule has 3 rings (SSSR count). The molecule has 0 radical (unpaired) electrons. The van der Waals surface area contributed by atoms with Crippen LogP contribution in [0.4, 0.5) is 4.79 Å². The number of carboxylic acids is 1. The predicted molar refractivity (Wildman–Crippen MR) is 125 cm³/mol. The maximum Gasteiger partial charge on any atom is 0.407 e. The number of carbonyl (C=O) groups excluding carboxylic acids is 2. The summed E-state index contributed by atoms with van der Waals surface area (Å²) in [5.74, 6) is -1.79. The van der Waals surface area contributed by atoms with Gasteiger partial charge in [-0.25, -0.2) is 9.59 Å². The van der Waals surface area contributed by atoms with Crippen LogP contribution in [0, 0.1) is 0 Å². The summed E-state index contributed by atoms with van der Waals surface area (Å²) in [6.45, 7) is 1.75. The largest absolute Gasteiger partial charge is 0.480 e. The van der Waals surface area contributed by atoms with Crippen LogP contribution < -0.4 is 10.6 Å². The maximum atomic E-state index is 12.3. The van der Waals surface area contributed by atoms with E-state index in [4.69, 9.17) is 14.2 Å². The van der Waals surface area contributed by atoms with Crippen LogP contribution in [-0.2, 0) is 23.8 Å². The number of rotatable bonds is 11. The zero-order chi connectivity index (χ0) is 24.7. The number of aliphatic carboxylic acids is 1. The van der Waals surface area contributed by atoms with Crippen molar-refractivity contribution in [2.45, 2.75) is 37.5 Å². The van der Waals surface area contributed by atoms with Gasteiger partial charge in [-0.1, -0.05) is 48.5 Å². The first-order valence-corrected chi connectivity index (χ1v) is 11.0. The summed E-state index contributed by atoms with van der Waals surface area (Å²) in [6, 6.07) is 14.9. The van der Waals surface area contributed by atoms with Crippen LogP contribution in [0.3, 0.4) is 0 Å². The number of alkyl carbamates (subject to hydrolysis) is 1. The lowest BCUT2D eigenvalue weighted by Gasteiger charge is -2.22. The Morgan fingerprint density at radius 1 is 0.971 bits per heavy atom.